The summed E-state index contributed by atoms with van der Waals surface area (Å²) in [6, 6.07) is 8.18. The van der Waals surface area contributed by atoms with Crippen molar-refractivity contribution in [2.24, 2.45) is 0 Å². The molecule has 2 aromatic rings. The Balaban J connectivity index is 2.22. The Hall–Kier alpha value is -1.77. The smallest absolute Gasteiger partial charge is 0.125 e. The van der Waals surface area contributed by atoms with Crippen LogP contribution in [-0.2, 0) is 0 Å². The van der Waals surface area contributed by atoms with E-state index in [1.54, 1.807) is 6.20 Å². The predicted molar refractivity (Wildman–Crippen MR) is 57.8 cm³/mol. The molecule has 0 aliphatic heterocycles. The van der Waals surface area contributed by atoms with Gasteiger partial charge in [0, 0.05) is 11.8 Å². The van der Waals surface area contributed by atoms with Crippen LogP contribution in [0.5, 0.6) is 0 Å². The first-order chi connectivity index (χ1) is 6.75. The van der Waals surface area contributed by atoms with E-state index in [-0.39, 0.29) is 0 Å². The fourth-order valence-electron chi connectivity index (χ4n) is 1.30. The Kier molecular flexibility index (Phi) is 2.23. The summed E-state index contributed by atoms with van der Waals surface area (Å²) in [5, 5.41) is 9.96. The average molecular weight is 187 g/mol. The van der Waals surface area contributed by atoms with Gasteiger partial charge in [-0.2, -0.15) is 5.10 Å². The molecule has 0 aliphatic rings. The fraction of sp³-hybridized carbons (Fsp3) is 0.182. The van der Waals surface area contributed by atoms with Crippen molar-refractivity contribution < 1.29 is 0 Å². The van der Waals surface area contributed by atoms with Gasteiger partial charge in [0.15, 0.2) is 0 Å². The highest BCUT2D eigenvalue weighted by atomic mass is 15.2. The van der Waals surface area contributed by atoms with E-state index in [1.165, 1.54) is 11.1 Å². The SMILES string of the molecule is Cc1ccc(Nc2ccn[nH]2)cc1C. The Labute approximate surface area is 83.2 Å². The second-order valence-corrected chi connectivity index (χ2v) is 3.39. The zero-order valence-corrected chi connectivity index (χ0v) is 8.33. The number of aryl methyl sites for hydroxylation is 2. The van der Waals surface area contributed by atoms with Gasteiger partial charge >= 0.3 is 0 Å². The number of hydrogen-bond donors (Lipinski definition) is 2. The molecule has 0 bridgehead atoms. The van der Waals surface area contributed by atoms with Crippen LogP contribution in [0.25, 0.3) is 0 Å². The predicted octanol–water partition coefficient (Wildman–Crippen LogP) is 2.77. The summed E-state index contributed by atoms with van der Waals surface area (Å²) >= 11 is 0. The lowest BCUT2D eigenvalue weighted by Crippen LogP contribution is -1.91. The van der Waals surface area contributed by atoms with Crippen LogP contribution in [0.4, 0.5) is 11.5 Å². The maximum Gasteiger partial charge on any atom is 0.125 e. The van der Waals surface area contributed by atoms with E-state index in [4.69, 9.17) is 0 Å². The summed E-state index contributed by atoms with van der Waals surface area (Å²) in [5.74, 6) is 0.910. The van der Waals surface area contributed by atoms with Gasteiger partial charge in [0.2, 0.25) is 0 Å². The van der Waals surface area contributed by atoms with Crippen molar-refractivity contribution in [1.82, 2.24) is 10.2 Å². The molecule has 0 spiro atoms. The second kappa shape index (κ2) is 3.54. The van der Waals surface area contributed by atoms with E-state index in [9.17, 15) is 0 Å². The molecule has 0 fully saturated rings. The third-order valence-corrected chi connectivity index (χ3v) is 2.29. The number of nitrogens with zero attached hydrogens (tertiary/aromatic N) is 1. The number of nitrogens with one attached hydrogen (secondary N) is 2. The largest absolute Gasteiger partial charge is 0.341 e. The minimum atomic E-state index is 0.910. The molecule has 3 heteroatoms. The van der Waals surface area contributed by atoms with Crippen LogP contribution in [0.2, 0.25) is 0 Å². The third-order valence-electron chi connectivity index (χ3n) is 2.29. The molecule has 0 unspecified atom stereocenters. The summed E-state index contributed by atoms with van der Waals surface area (Å²) in [6.45, 7) is 4.21. The van der Waals surface area contributed by atoms with Crippen molar-refractivity contribution in [2.45, 2.75) is 13.8 Å². The maximum atomic E-state index is 3.87. The minimum Gasteiger partial charge on any atom is -0.341 e. The molecule has 2 rings (SSSR count). The Bertz CT molecular complexity index is 418. The Morgan fingerprint density at radius 2 is 2.00 bits per heavy atom. The number of anilines is 2. The van der Waals surface area contributed by atoms with E-state index >= 15 is 0 Å². The number of aromatic amines is 1. The van der Waals surface area contributed by atoms with Crippen LogP contribution >= 0.6 is 0 Å². The quantitative estimate of drug-likeness (QED) is 0.759. The fourth-order valence-corrected chi connectivity index (χ4v) is 1.30. The van der Waals surface area contributed by atoms with Crippen molar-refractivity contribution in [3.05, 3.63) is 41.6 Å². The normalized spacial score (nSPS) is 10.1. The number of benzene rings is 1. The van der Waals surface area contributed by atoms with Crippen molar-refractivity contribution in [3.63, 3.8) is 0 Å². The van der Waals surface area contributed by atoms with E-state index < -0.39 is 0 Å². The summed E-state index contributed by atoms with van der Waals surface area (Å²) in [5.41, 5.74) is 3.67. The highest BCUT2D eigenvalue weighted by molar-refractivity contribution is 5.57. The van der Waals surface area contributed by atoms with E-state index in [1.807, 2.05) is 6.07 Å². The van der Waals surface area contributed by atoms with Gasteiger partial charge < -0.3 is 5.32 Å². The van der Waals surface area contributed by atoms with Crippen molar-refractivity contribution >= 4 is 11.5 Å². The Morgan fingerprint density at radius 1 is 1.14 bits per heavy atom. The van der Waals surface area contributed by atoms with Crippen LogP contribution in [0.3, 0.4) is 0 Å². The first kappa shape index (κ1) is 8.81. The molecule has 1 heterocycles. The molecular formula is C11H13N3. The number of rotatable bonds is 2. The van der Waals surface area contributed by atoms with E-state index in [0.717, 1.165) is 11.5 Å². The highest BCUT2D eigenvalue weighted by Crippen LogP contribution is 2.17. The van der Waals surface area contributed by atoms with E-state index in [2.05, 4.69) is 47.6 Å². The monoisotopic (exact) mass is 187 g/mol. The summed E-state index contributed by atoms with van der Waals surface area (Å²) in [7, 11) is 0. The molecule has 3 nitrogen and oxygen atoms in total. The molecule has 0 atom stereocenters. The molecule has 0 amide bonds. The van der Waals surface area contributed by atoms with Crippen LogP contribution in [0, 0.1) is 13.8 Å². The van der Waals surface area contributed by atoms with Gasteiger partial charge in [-0.25, -0.2) is 0 Å². The van der Waals surface area contributed by atoms with Crippen LogP contribution in [-0.4, -0.2) is 10.2 Å². The van der Waals surface area contributed by atoms with Crippen LogP contribution < -0.4 is 5.32 Å². The summed E-state index contributed by atoms with van der Waals surface area (Å²) in [4.78, 5) is 0. The second-order valence-electron chi connectivity index (χ2n) is 3.39. The number of H-pyrrole nitrogens is 1. The molecule has 2 N–H and O–H groups in total. The lowest BCUT2D eigenvalue weighted by Gasteiger charge is -2.06. The van der Waals surface area contributed by atoms with Gasteiger partial charge in [-0.3, -0.25) is 5.10 Å². The molecule has 0 radical (unpaired) electrons. The lowest BCUT2D eigenvalue weighted by molar-refractivity contribution is 1.09. The standard InChI is InChI=1S/C11H13N3/c1-8-3-4-10(7-9(8)2)13-11-5-6-12-14-11/h3-7H,1-2H3,(H2,12,13,14). The van der Waals surface area contributed by atoms with Gasteiger partial charge in [0.25, 0.3) is 0 Å². The lowest BCUT2D eigenvalue weighted by atomic mass is 10.1. The third kappa shape index (κ3) is 1.76. The molecule has 1 aromatic carbocycles. The van der Waals surface area contributed by atoms with E-state index in [0.29, 0.717) is 0 Å². The molecular weight excluding hydrogens is 174 g/mol. The topological polar surface area (TPSA) is 40.7 Å². The highest BCUT2D eigenvalue weighted by Gasteiger charge is 1.97. The van der Waals surface area contributed by atoms with Gasteiger partial charge in [-0.1, -0.05) is 6.07 Å². The minimum absolute atomic E-state index is 0.910. The van der Waals surface area contributed by atoms with Gasteiger partial charge in [0.1, 0.15) is 5.82 Å². The molecule has 14 heavy (non-hydrogen) atoms. The van der Waals surface area contributed by atoms with Gasteiger partial charge in [-0.05, 0) is 37.1 Å². The summed E-state index contributed by atoms with van der Waals surface area (Å²) < 4.78 is 0. The van der Waals surface area contributed by atoms with Gasteiger partial charge in [0.05, 0.1) is 6.20 Å². The maximum absolute atomic E-state index is 3.87. The Morgan fingerprint density at radius 3 is 2.64 bits per heavy atom. The van der Waals surface area contributed by atoms with Crippen molar-refractivity contribution in [3.8, 4) is 0 Å². The molecule has 0 saturated carbocycles. The molecule has 1 aromatic heterocycles. The number of aromatic nitrogens is 2. The average Bonchev–Trinajstić information content (AvgIpc) is 2.64. The summed E-state index contributed by atoms with van der Waals surface area (Å²) in [6.07, 6.45) is 1.73. The zero-order chi connectivity index (χ0) is 9.97. The molecule has 72 valence electrons. The van der Waals surface area contributed by atoms with Crippen LogP contribution in [0.15, 0.2) is 30.5 Å². The first-order valence-electron chi connectivity index (χ1n) is 4.59. The molecule has 0 saturated heterocycles. The first-order valence-corrected chi connectivity index (χ1v) is 4.59. The van der Waals surface area contributed by atoms with Gasteiger partial charge in [-0.15, -0.1) is 0 Å². The van der Waals surface area contributed by atoms with Crippen molar-refractivity contribution in [2.75, 3.05) is 5.32 Å². The zero-order valence-electron chi connectivity index (χ0n) is 8.33. The van der Waals surface area contributed by atoms with Crippen LogP contribution in [0.1, 0.15) is 11.1 Å². The number of hydrogen-bond acceptors (Lipinski definition) is 2. The molecule has 0 aliphatic carbocycles. The van der Waals surface area contributed by atoms with Crippen molar-refractivity contribution in [1.29, 1.82) is 0 Å².